The molecule has 504 valence electrons. The highest BCUT2D eigenvalue weighted by atomic mass is 16.3. The molecule has 11 atom stereocenters. The molecule has 1 fully saturated rings. The molecule has 0 aromatic carbocycles. The van der Waals surface area contributed by atoms with E-state index in [1.54, 1.807) is 54.5 Å². The molecule has 0 radical (unpaired) electrons. The maximum Gasteiger partial charge on any atom is 0.246 e. The van der Waals surface area contributed by atoms with Gasteiger partial charge in [-0.1, -0.05) is 102 Å². The number of carbonyl (C=O) groups excluding carboxylic acids is 11. The van der Waals surface area contributed by atoms with Crippen LogP contribution in [0, 0.1) is 35.5 Å². The van der Waals surface area contributed by atoms with E-state index < -0.39 is 156 Å². The number of rotatable bonds is 19. The van der Waals surface area contributed by atoms with Crippen molar-refractivity contribution in [2.24, 2.45) is 35.5 Å². The fourth-order valence-corrected chi connectivity index (χ4v) is 10.9. The van der Waals surface area contributed by atoms with Gasteiger partial charge >= 0.3 is 0 Å². The van der Waals surface area contributed by atoms with Crippen molar-refractivity contribution in [2.75, 3.05) is 83.1 Å². The van der Waals surface area contributed by atoms with E-state index in [4.69, 9.17) is 0 Å². The van der Waals surface area contributed by atoms with Crippen LogP contribution < -0.4 is 21.3 Å². The van der Waals surface area contributed by atoms with E-state index in [0.717, 1.165) is 9.80 Å². The molecule has 0 bridgehead atoms. The van der Waals surface area contributed by atoms with Crippen molar-refractivity contribution in [1.82, 2.24) is 60.5 Å². The van der Waals surface area contributed by atoms with E-state index >= 15 is 9.59 Å². The largest absolute Gasteiger partial charge is 0.390 e. The first-order valence-electron chi connectivity index (χ1n) is 31.8. The molecule has 1 saturated heterocycles. The second kappa shape index (κ2) is 37.7. The minimum atomic E-state index is -1.61. The molecule has 1 heterocycles. The number of hydrogen-bond acceptors (Lipinski definition) is 13. The Morgan fingerprint density at radius 3 is 1.41 bits per heavy atom. The van der Waals surface area contributed by atoms with E-state index in [9.17, 15) is 48.3 Å². The van der Waals surface area contributed by atoms with Gasteiger partial charge in [-0.25, -0.2) is 0 Å². The summed E-state index contributed by atoms with van der Waals surface area (Å²) >= 11 is 0. The van der Waals surface area contributed by atoms with Crippen LogP contribution in [0.5, 0.6) is 0 Å². The van der Waals surface area contributed by atoms with Crippen LogP contribution in [0.4, 0.5) is 0 Å². The number of carbonyl (C=O) groups is 11. The van der Waals surface area contributed by atoms with E-state index in [1.165, 1.54) is 80.8 Å². The number of allylic oxidation sites excluding steroid dienone is 2. The summed E-state index contributed by atoms with van der Waals surface area (Å²) in [7, 11) is 13.7. The van der Waals surface area contributed by atoms with E-state index in [2.05, 4.69) is 21.3 Å². The molecule has 24 nitrogen and oxygen atoms in total. The lowest BCUT2D eigenvalue weighted by molar-refractivity contribution is -0.156. The van der Waals surface area contributed by atoms with Gasteiger partial charge in [0.2, 0.25) is 65.0 Å². The van der Waals surface area contributed by atoms with E-state index in [1.807, 2.05) is 66.6 Å². The zero-order valence-corrected chi connectivity index (χ0v) is 57.9. The predicted octanol–water partition coefficient (Wildman–Crippen LogP) is 2.96. The summed E-state index contributed by atoms with van der Waals surface area (Å²) in [5.41, 5.74) is 0. The summed E-state index contributed by atoms with van der Waals surface area (Å²) in [6, 6.07) is -11.1. The first-order chi connectivity index (χ1) is 40.8. The molecule has 88 heavy (non-hydrogen) atoms. The van der Waals surface area contributed by atoms with Gasteiger partial charge in [0.15, 0.2) is 0 Å². The van der Waals surface area contributed by atoms with Gasteiger partial charge in [0, 0.05) is 49.3 Å². The van der Waals surface area contributed by atoms with Crippen LogP contribution in [0.2, 0.25) is 0 Å². The Balaban J connectivity index is 4.32. The molecule has 0 aliphatic carbocycles. The third-order valence-corrected chi connectivity index (χ3v) is 16.5. The third kappa shape index (κ3) is 24.0. The van der Waals surface area contributed by atoms with Crippen LogP contribution in [0.15, 0.2) is 12.2 Å². The molecule has 0 aromatic heterocycles. The minimum Gasteiger partial charge on any atom is -0.390 e. The van der Waals surface area contributed by atoms with Crippen LogP contribution in [0.25, 0.3) is 0 Å². The topological polar surface area (TPSA) is 282 Å². The molecule has 11 amide bonds. The van der Waals surface area contributed by atoms with Gasteiger partial charge in [0.05, 0.1) is 19.2 Å². The van der Waals surface area contributed by atoms with Gasteiger partial charge in [-0.15, -0.1) is 0 Å². The Labute approximate surface area is 527 Å². The standard InChI is InChI=1S/C64H116N12O12/c1-24-26-30-43(13)55(79)54-59(83)67-45(29-25-2)60(84)70(17)36-50(77)72(19)47(33-38(3)4)58(82)68-52(41(9)10)63(87)74(21)48(34-39(5)6)57(81)65-44(14)56(80)66-46(31-27-28-32-69(15)16)61(85)71(18)37-51(78)73(20)49(35-40(7)8)62(86)75(22)53(42(11)12)64(88)76(54)23/h24,26,38-49,52-55,79H,25,27-37H2,1-23H3,(H,65,81)(H,66,80)(H,67,83)(H,68,82)/b26-24+/t43-,44+,45-,46?,47+,48-,49+,52+,53-,54?,55-/m1/s1. The fourth-order valence-electron chi connectivity index (χ4n) is 10.9. The van der Waals surface area contributed by atoms with Gasteiger partial charge < -0.3 is 65.6 Å². The Morgan fingerprint density at radius 2 is 0.955 bits per heavy atom. The number of aliphatic hydroxyl groups excluding tert-OH is 1. The summed E-state index contributed by atoms with van der Waals surface area (Å²) in [5, 5.41) is 23.4. The zero-order valence-electron chi connectivity index (χ0n) is 57.9. The monoisotopic (exact) mass is 1240 g/mol. The summed E-state index contributed by atoms with van der Waals surface area (Å²) in [4.78, 5) is 171. The molecular formula is C64H116N12O12. The van der Waals surface area contributed by atoms with Crippen LogP contribution in [0.1, 0.15) is 155 Å². The van der Waals surface area contributed by atoms with Crippen molar-refractivity contribution in [3.63, 3.8) is 0 Å². The number of nitrogens with zero attached hydrogens (tertiary/aromatic N) is 8. The summed E-state index contributed by atoms with van der Waals surface area (Å²) in [6.45, 7) is 24.5. The van der Waals surface area contributed by atoms with Crippen molar-refractivity contribution in [2.45, 2.75) is 215 Å². The number of likely N-dealkylation sites (N-methyl/N-ethyl adjacent to an activating group) is 7. The first-order valence-corrected chi connectivity index (χ1v) is 31.8. The number of unbranched alkanes of at least 4 members (excludes halogenated alkanes) is 1. The Kier molecular flexibility index (Phi) is 34.2. The quantitative estimate of drug-likeness (QED) is 0.0921. The molecule has 1 aliphatic heterocycles. The van der Waals surface area contributed by atoms with Crippen LogP contribution in [-0.2, 0) is 52.7 Å². The van der Waals surface area contributed by atoms with Crippen molar-refractivity contribution < 1.29 is 57.8 Å². The SMILES string of the molecule is C/C=C/C[C@@H](C)[C@@H](O)C1C(=O)N[C@H](CCC)C(=O)N(C)CC(=O)N(C)[C@@H](CC(C)C)C(=O)N[C@@H](C(C)C)C(=O)N(C)[C@H](CC(C)C)C(=O)N[C@@H](C)C(=O)NC(CCCCN(C)C)C(=O)N(C)CC(=O)N(C)[C@@H](CC(C)C)C(=O)N(C)[C@H](C(C)C)C(=O)N1C. The Bertz CT molecular complexity index is 2360. The van der Waals surface area contributed by atoms with Crippen molar-refractivity contribution in [3.8, 4) is 0 Å². The second-order valence-corrected chi connectivity index (χ2v) is 26.8. The highest BCUT2D eigenvalue weighted by molar-refractivity contribution is 5.99. The molecule has 5 N–H and O–H groups in total. The molecule has 1 aliphatic rings. The molecule has 2 unspecified atom stereocenters. The van der Waals surface area contributed by atoms with Crippen LogP contribution in [0.3, 0.4) is 0 Å². The summed E-state index contributed by atoms with van der Waals surface area (Å²) < 4.78 is 0. The highest BCUT2D eigenvalue weighted by Gasteiger charge is 2.45. The normalized spacial score (nSPS) is 25.5. The molecular weight excluding hydrogens is 1130 g/mol. The Hall–Kier alpha value is -6.17. The molecule has 0 aromatic rings. The lowest BCUT2D eigenvalue weighted by Gasteiger charge is -2.41. The van der Waals surface area contributed by atoms with E-state index in [-0.39, 0.29) is 49.9 Å². The summed E-state index contributed by atoms with van der Waals surface area (Å²) in [5.74, 6) is -9.48. The van der Waals surface area contributed by atoms with Gasteiger partial charge in [0.1, 0.15) is 54.4 Å². The second-order valence-electron chi connectivity index (χ2n) is 26.8. The van der Waals surface area contributed by atoms with Crippen molar-refractivity contribution in [1.29, 1.82) is 0 Å². The van der Waals surface area contributed by atoms with Crippen molar-refractivity contribution in [3.05, 3.63) is 12.2 Å². The van der Waals surface area contributed by atoms with Crippen molar-refractivity contribution >= 4 is 65.0 Å². The highest BCUT2D eigenvalue weighted by Crippen LogP contribution is 2.25. The lowest BCUT2D eigenvalue weighted by atomic mass is 9.91. The first kappa shape index (κ1) is 79.8. The number of aliphatic hydroxyl groups is 1. The van der Waals surface area contributed by atoms with E-state index in [0.29, 0.717) is 32.2 Å². The maximum absolute atomic E-state index is 15.1. The number of amides is 11. The molecule has 1 rings (SSSR count). The van der Waals surface area contributed by atoms with Gasteiger partial charge in [-0.3, -0.25) is 52.7 Å². The molecule has 24 heteroatoms. The van der Waals surface area contributed by atoms with Gasteiger partial charge in [-0.05, 0) is 121 Å². The maximum atomic E-state index is 15.1. The molecule has 0 saturated carbocycles. The Morgan fingerprint density at radius 1 is 0.511 bits per heavy atom. The number of nitrogens with one attached hydrogen (secondary N) is 4. The minimum absolute atomic E-state index is 0.0929. The zero-order chi connectivity index (χ0) is 67.9. The van der Waals surface area contributed by atoms with Crippen LogP contribution >= 0.6 is 0 Å². The van der Waals surface area contributed by atoms with Gasteiger partial charge in [-0.2, -0.15) is 0 Å². The summed E-state index contributed by atoms with van der Waals surface area (Å²) in [6.07, 6.45) is 4.69. The van der Waals surface area contributed by atoms with Crippen LogP contribution in [-0.4, -0.2) is 253 Å². The van der Waals surface area contributed by atoms with Gasteiger partial charge in [0.25, 0.3) is 0 Å². The predicted molar refractivity (Wildman–Crippen MR) is 341 cm³/mol. The number of hydrogen-bond donors (Lipinski definition) is 5. The lowest BCUT2D eigenvalue weighted by Crippen LogP contribution is -2.63. The molecule has 0 spiro atoms. The fraction of sp³-hybridized carbons (Fsp3) is 0.797. The third-order valence-electron chi connectivity index (χ3n) is 16.5. The average Bonchev–Trinajstić information content (AvgIpc) is 3.64. The average molecular weight is 1250 g/mol. The smallest absolute Gasteiger partial charge is 0.246 e.